The van der Waals surface area contributed by atoms with Crippen LogP contribution in [0.1, 0.15) is 40.0 Å². The summed E-state index contributed by atoms with van der Waals surface area (Å²) in [5.74, 6) is -2.90. The lowest BCUT2D eigenvalue weighted by Crippen LogP contribution is -2.56. The van der Waals surface area contributed by atoms with Crippen molar-refractivity contribution in [3.63, 3.8) is 0 Å². The minimum atomic E-state index is -4.41. The summed E-state index contributed by atoms with van der Waals surface area (Å²) in [6.07, 6.45) is 0.269. The van der Waals surface area contributed by atoms with Crippen LogP contribution in [0.15, 0.2) is 109 Å². The van der Waals surface area contributed by atoms with E-state index in [0.717, 1.165) is 11.3 Å². The number of anilines is 1. The summed E-state index contributed by atoms with van der Waals surface area (Å²) in [4.78, 5) is 14.9. The Morgan fingerprint density at radius 2 is 1.45 bits per heavy atom. The normalized spacial score (nSPS) is 16.1. The molecular formula is C37H33ClF2N3O7P. The van der Waals surface area contributed by atoms with Gasteiger partial charge in [-0.1, -0.05) is 72.3 Å². The van der Waals surface area contributed by atoms with Crippen LogP contribution in [0.2, 0.25) is 5.02 Å². The second-order valence-electron chi connectivity index (χ2n) is 12.4. The number of fused-ring (bicyclic) bond motifs is 1. The minimum absolute atomic E-state index is 0.132. The summed E-state index contributed by atoms with van der Waals surface area (Å²) < 4.78 is 73.6. The van der Waals surface area contributed by atoms with Gasteiger partial charge in [-0.25, -0.2) is 18.0 Å². The number of phosphoric acid groups is 1. The first-order valence-corrected chi connectivity index (χ1v) is 17.9. The van der Waals surface area contributed by atoms with Crippen LogP contribution in [0, 0.1) is 0 Å². The fraction of sp³-hybridized carbons (Fsp3) is 0.243. The maximum Gasteiger partial charge on any atom is 0.476 e. The largest absolute Gasteiger partial charge is 0.493 e. The molecule has 264 valence electrons. The van der Waals surface area contributed by atoms with Crippen LogP contribution in [0.5, 0.6) is 11.5 Å². The highest BCUT2D eigenvalue weighted by Gasteiger charge is 2.61. The number of ether oxygens (including phenoxy) is 2. The molecule has 14 heteroatoms. The number of aromatic nitrogens is 2. The van der Waals surface area contributed by atoms with E-state index in [1.807, 2.05) is 24.3 Å². The maximum atomic E-state index is 14.5. The van der Waals surface area contributed by atoms with Gasteiger partial charge in [-0.2, -0.15) is 5.10 Å². The number of hydrogen-bond acceptors (Lipinski definition) is 8. The molecule has 1 saturated carbocycles. The predicted molar refractivity (Wildman–Crippen MR) is 186 cm³/mol. The minimum Gasteiger partial charge on any atom is -0.493 e. The van der Waals surface area contributed by atoms with Gasteiger partial charge in [0.1, 0.15) is 12.2 Å². The van der Waals surface area contributed by atoms with Crippen molar-refractivity contribution in [1.82, 2.24) is 9.78 Å². The van der Waals surface area contributed by atoms with Gasteiger partial charge in [0.05, 0.1) is 32.6 Å². The summed E-state index contributed by atoms with van der Waals surface area (Å²) in [5.41, 5.74) is 2.05. The Hall–Kier alpha value is -4.58. The standard InChI is InChI=1S/C37H33ClF2N3O7P/c1-46-33-18-31(42-19-28-20-43(41-34(28)35(42)44)30-14-12-29(38)13-15-30)16-17-32(33)47-25-36(23-37(39,40)24-36)50-51(45,48-21-26-8-4-2-5-9-26)49-22-27-10-6-3-7-11-27/h2-18,20H,19,21-25H2,1H3. The number of methoxy groups -OCH3 is 1. The third-order valence-electron chi connectivity index (χ3n) is 8.54. The fourth-order valence-corrected chi connectivity index (χ4v) is 7.61. The first kappa shape index (κ1) is 34.9. The molecule has 0 unspecified atom stereocenters. The highest BCUT2D eigenvalue weighted by atomic mass is 35.5. The number of phosphoric ester groups is 1. The summed E-state index contributed by atoms with van der Waals surface area (Å²) in [5, 5.41) is 5.08. The van der Waals surface area contributed by atoms with Gasteiger partial charge in [0.25, 0.3) is 11.8 Å². The van der Waals surface area contributed by atoms with Crippen molar-refractivity contribution in [3.05, 3.63) is 137 Å². The van der Waals surface area contributed by atoms with E-state index in [1.54, 1.807) is 94.6 Å². The zero-order valence-corrected chi connectivity index (χ0v) is 29.1. The third-order valence-corrected chi connectivity index (χ3v) is 10.3. The average Bonchev–Trinajstić information content (AvgIpc) is 3.68. The van der Waals surface area contributed by atoms with Crippen molar-refractivity contribution in [3.8, 4) is 17.2 Å². The summed E-state index contributed by atoms with van der Waals surface area (Å²) in [6, 6.07) is 29.9. The molecule has 0 bridgehead atoms. The number of amides is 1. The molecule has 1 fully saturated rings. The zero-order chi connectivity index (χ0) is 35.6. The van der Waals surface area contributed by atoms with Crippen molar-refractivity contribution in [2.24, 2.45) is 0 Å². The summed E-state index contributed by atoms with van der Waals surface area (Å²) in [7, 11) is -2.99. The van der Waals surface area contributed by atoms with E-state index in [2.05, 4.69) is 5.10 Å². The van der Waals surface area contributed by atoms with Gasteiger partial charge >= 0.3 is 7.82 Å². The molecule has 5 aromatic rings. The van der Waals surface area contributed by atoms with E-state index >= 15 is 0 Å². The molecule has 0 N–H and O–H groups in total. The van der Waals surface area contributed by atoms with Crippen molar-refractivity contribution in [1.29, 1.82) is 0 Å². The van der Waals surface area contributed by atoms with E-state index in [1.165, 1.54) is 7.11 Å². The molecule has 2 aliphatic rings. The highest BCUT2D eigenvalue weighted by molar-refractivity contribution is 7.48. The number of alkyl halides is 2. The lowest BCUT2D eigenvalue weighted by molar-refractivity contribution is -0.210. The van der Waals surface area contributed by atoms with Gasteiger partial charge < -0.3 is 14.4 Å². The van der Waals surface area contributed by atoms with Gasteiger partial charge in [0.15, 0.2) is 17.2 Å². The quantitative estimate of drug-likeness (QED) is 0.104. The Morgan fingerprint density at radius 3 is 2.02 bits per heavy atom. The van der Waals surface area contributed by atoms with Crippen LogP contribution in [0.3, 0.4) is 0 Å². The molecule has 1 aromatic heterocycles. The Balaban J connectivity index is 1.06. The van der Waals surface area contributed by atoms with Crippen LogP contribution in [-0.4, -0.2) is 40.9 Å². The number of halogens is 3. The van der Waals surface area contributed by atoms with Crippen LogP contribution in [-0.2, 0) is 37.9 Å². The molecule has 2 heterocycles. The predicted octanol–water partition coefficient (Wildman–Crippen LogP) is 8.80. The van der Waals surface area contributed by atoms with E-state index in [4.69, 9.17) is 34.6 Å². The average molecular weight is 736 g/mol. The highest BCUT2D eigenvalue weighted by Crippen LogP contribution is 2.61. The first-order valence-electron chi connectivity index (χ1n) is 16.1. The monoisotopic (exact) mass is 735 g/mol. The van der Waals surface area contributed by atoms with E-state index in [9.17, 15) is 18.1 Å². The molecule has 1 amide bonds. The van der Waals surface area contributed by atoms with E-state index < -0.39 is 38.8 Å². The number of benzene rings is 4. The van der Waals surface area contributed by atoms with Crippen molar-refractivity contribution < 1.29 is 41.2 Å². The molecule has 1 aliphatic heterocycles. The molecule has 51 heavy (non-hydrogen) atoms. The molecule has 7 rings (SSSR count). The Labute approximate surface area is 298 Å². The van der Waals surface area contributed by atoms with Gasteiger partial charge in [0, 0.05) is 41.4 Å². The topological polar surface area (TPSA) is 101 Å². The van der Waals surface area contributed by atoms with Gasteiger partial charge in [-0.05, 0) is 47.5 Å². The SMILES string of the molecule is COc1cc(N2Cc3cn(-c4ccc(Cl)cc4)nc3C2=O)ccc1OCC1(OP(=O)(OCc2ccccc2)OCc2ccccc2)CC(F)(F)C1. The van der Waals surface area contributed by atoms with Crippen LogP contribution in [0.25, 0.3) is 5.69 Å². The number of carbonyl (C=O) groups is 1. The number of hydrogen-bond donors (Lipinski definition) is 0. The second-order valence-corrected chi connectivity index (χ2v) is 14.4. The van der Waals surface area contributed by atoms with Crippen LogP contribution >= 0.6 is 19.4 Å². The number of nitrogens with zero attached hydrogens (tertiary/aromatic N) is 3. The molecular weight excluding hydrogens is 703 g/mol. The molecule has 10 nitrogen and oxygen atoms in total. The lowest BCUT2D eigenvalue weighted by atomic mass is 9.77. The molecule has 4 aromatic carbocycles. The van der Waals surface area contributed by atoms with Crippen molar-refractivity contribution in [2.45, 2.75) is 44.1 Å². The second kappa shape index (κ2) is 14.2. The third kappa shape index (κ3) is 7.85. The molecule has 0 atom stereocenters. The molecule has 0 spiro atoms. The number of rotatable bonds is 14. The summed E-state index contributed by atoms with van der Waals surface area (Å²) in [6.45, 7) is -0.391. The number of carbonyl (C=O) groups excluding carboxylic acids is 1. The molecule has 0 radical (unpaired) electrons. The van der Waals surface area contributed by atoms with Gasteiger partial charge in [-0.3, -0.25) is 18.4 Å². The van der Waals surface area contributed by atoms with Gasteiger partial charge in [0.2, 0.25) is 0 Å². The van der Waals surface area contributed by atoms with Crippen LogP contribution in [0.4, 0.5) is 14.5 Å². The van der Waals surface area contributed by atoms with E-state index in [0.29, 0.717) is 27.5 Å². The Morgan fingerprint density at radius 1 is 0.843 bits per heavy atom. The Bertz CT molecular complexity index is 2010. The lowest BCUT2D eigenvalue weighted by Gasteiger charge is -2.46. The van der Waals surface area contributed by atoms with Crippen LogP contribution < -0.4 is 14.4 Å². The zero-order valence-electron chi connectivity index (χ0n) is 27.4. The maximum absolute atomic E-state index is 14.5. The van der Waals surface area contributed by atoms with Gasteiger partial charge in [-0.15, -0.1) is 0 Å². The molecule has 1 aliphatic carbocycles. The van der Waals surface area contributed by atoms with Crippen molar-refractivity contribution >= 4 is 31.0 Å². The molecule has 0 saturated heterocycles. The first-order chi connectivity index (χ1) is 24.5. The smallest absolute Gasteiger partial charge is 0.476 e. The fourth-order valence-electron chi connectivity index (χ4n) is 6.03. The Kier molecular flexibility index (Phi) is 9.71. The summed E-state index contributed by atoms with van der Waals surface area (Å²) >= 11 is 6.00. The van der Waals surface area contributed by atoms with Crippen molar-refractivity contribution in [2.75, 3.05) is 18.6 Å². The van der Waals surface area contributed by atoms with E-state index in [-0.39, 0.29) is 37.2 Å².